The van der Waals surface area contributed by atoms with Crippen LogP contribution in [0.4, 0.5) is 4.79 Å². The minimum Gasteiger partial charge on any atom is -0.421 e. The van der Waals surface area contributed by atoms with Crippen molar-refractivity contribution < 1.29 is 14.3 Å². The first-order valence-electron chi connectivity index (χ1n) is 7.86. The van der Waals surface area contributed by atoms with E-state index in [-0.39, 0.29) is 0 Å². The summed E-state index contributed by atoms with van der Waals surface area (Å²) in [6.45, 7) is 0. The van der Waals surface area contributed by atoms with Crippen molar-refractivity contribution in [3.8, 4) is 0 Å². The lowest BCUT2D eigenvalue weighted by atomic mass is 9.79. The van der Waals surface area contributed by atoms with E-state index in [0.29, 0.717) is 0 Å². The Morgan fingerprint density at radius 1 is 0.667 bits per heavy atom. The van der Waals surface area contributed by atoms with Crippen molar-refractivity contribution in [2.75, 3.05) is 0 Å². The molecule has 0 radical (unpaired) electrons. The largest absolute Gasteiger partial charge is 0.510 e. The summed E-state index contributed by atoms with van der Waals surface area (Å²) in [6, 6.07) is 29.2. The molecule has 0 aliphatic carbocycles. The lowest BCUT2D eigenvalue weighted by Gasteiger charge is -2.32. The van der Waals surface area contributed by atoms with Crippen molar-refractivity contribution in [1.29, 1.82) is 0 Å². The van der Waals surface area contributed by atoms with E-state index in [0.717, 1.165) is 16.7 Å². The van der Waals surface area contributed by atoms with E-state index in [9.17, 15) is 4.79 Å². The number of carbonyl (C=O) groups is 1. The molecule has 1 saturated heterocycles. The third-order valence-corrected chi connectivity index (χ3v) is 4.34. The molecule has 0 spiro atoms. The van der Waals surface area contributed by atoms with Gasteiger partial charge in [0.1, 0.15) is 0 Å². The molecule has 0 aromatic heterocycles. The maximum absolute atomic E-state index is 12.1. The van der Waals surface area contributed by atoms with Crippen LogP contribution >= 0.6 is 0 Å². The fraction of sp³-hybridized carbons (Fsp3) is 0.0952. The van der Waals surface area contributed by atoms with Crippen molar-refractivity contribution >= 4 is 6.16 Å². The second kappa shape index (κ2) is 5.85. The molecule has 1 aliphatic rings. The highest BCUT2D eigenvalue weighted by atomic mass is 16.8. The Balaban J connectivity index is 1.97. The van der Waals surface area contributed by atoms with Crippen molar-refractivity contribution in [1.82, 2.24) is 0 Å². The van der Waals surface area contributed by atoms with Gasteiger partial charge in [-0.2, -0.15) is 0 Å². The Hall–Kier alpha value is -3.07. The number of rotatable bonds is 3. The Bertz CT molecular complexity index is 789. The molecular formula is C21H16O3. The van der Waals surface area contributed by atoms with Crippen LogP contribution < -0.4 is 0 Å². The highest BCUT2D eigenvalue weighted by Crippen LogP contribution is 2.50. The fourth-order valence-corrected chi connectivity index (χ4v) is 3.28. The molecule has 1 atom stereocenters. The van der Waals surface area contributed by atoms with Gasteiger partial charge in [-0.05, 0) is 5.56 Å². The summed E-state index contributed by atoms with van der Waals surface area (Å²) in [6.07, 6.45) is -1.20. The first-order valence-corrected chi connectivity index (χ1v) is 7.86. The number of cyclic esters (lactones) is 2. The normalized spacial score (nSPS) is 18.7. The van der Waals surface area contributed by atoms with E-state index in [1.165, 1.54) is 0 Å². The SMILES string of the molecule is O=C1OC(c2ccccc2)C(c2ccccc2)(c2ccccc2)O1. The van der Waals surface area contributed by atoms with Crippen LogP contribution in [-0.2, 0) is 15.1 Å². The number of carbonyl (C=O) groups excluding carboxylic acids is 1. The highest BCUT2D eigenvalue weighted by Gasteiger charge is 2.54. The van der Waals surface area contributed by atoms with Gasteiger partial charge >= 0.3 is 6.16 Å². The molecule has 3 nitrogen and oxygen atoms in total. The van der Waals surface area contributed by atoms with Crippen LogP contribution in [0.5, 0.6) is 0 Å². The first kappa shape index (κ1) is 14.5. The van der Waals surface area contributed by atoms with Crippen LogP contribution in [0, 0.1) is 0 Å². The average Bonchev–Trinajstić information content (AvgIpc) is 3.02. The molecule has 1 fully saturated rings. The Kier molecular flexibility index (Phi) is 3.54. The Morgan fingerprint density at radius 3 is 1.62 bits per heavy atom. The zero-order valence-electron chi connectivity index (χ0n) is 13.0. The van der Waals surface area contributed by atoms with E-state index < -0.39 is 17.9 Å². The molecule has 4 rings (SSSR count). The number of ether oxygens (including phenoxy) is 2. The maximum atomic E-state index is 12.1. The van der Waals surface area contributed by atoms with Gasteiger partial charge in [0.2, 0.25) is 5.60 Å². The molecule has 1 aliphatic heterocycles. The molecule has 0 amide bonds. The predicted molar refractivity (Wildman–Crippen MR) is 90.4 cm³/mol. The third-order valence-electron chi connectivity index (χ3n) is 4.34. The average molecular weight is 316 g/mol. The van der Waals surface area contributed by atoms with Gasteiger partial charge in [-0.25, -0.2) is 4.79 Å². The molecule has 1 heterocycles. The van der Waals surface area contributed by atoms with E-state index in [1.807, 2.05) is 91.0 Å². The van der Waals surface area contributed by atoms with E-state index >= 15 is 0 Å². The summed E-state index contributed by atoms with van der Waals surface area (Å²) in [5.41, 5.74) is 1.67. The lowest BCUT2D eigenvalue weighted by Crippen LogP contribution is -2.33. The van der Waals surface area contributed by atoms with Gasteiger partial charge in [0.05, 0.1) is 0 Å². The summed E-state index contributed by atoms with van der Waals surface area (Å²) < 4.78 is 11.4. The topological polar surface area (TPSA) is 35.5 Å². The minimum absolute atomic E-state index is 0.545. The van der Waals surface area contributed by atoms with Gasteiger partial charge in [-0.1, -0.05) is 91.0 Å². The van der Waals surface area contributed by atoms with Crippen LogP contribution in [0.2, 0.25) is 0 Å². The summed E-state index contributed by atoms with van der Waals surface area (Å²) >= 11 is 0. The number of hydrogen-bond donors (Lipinski definition) is 0. The van der Waals surface area contributed by atoms with Crippen molar-refractivity contribution in [3.05, 3.63) is 108 Å². The van der Waals surface area contributed by atoms with Crippen LogP contribution in [0.15, 0.2) is 91.0 Å². The highest BCUT2D eigenvalue weighted by molar-refractivity contribution is 5.67. The molecule has 3 heteroatoms. The second-order valence-electron chi connectivity index (χ2n) is 5.73. The van der Waals surface area contributed by atoms with Crippen LogP contribution in [0.25, 0.3) is 0 Å². The molecule has 0 bridgehead atoms. The Morgan fingerprint density at radius 2 is 1.12 bits per heavy atom. The van der Waals surface area contributed by atoms with Gasteiger partial charge in [-0.3, -0.25) is 0 Å². The summed E-state index contributed by atoms with van der Waals surface area (Å²) in [5.74, 6) is 0. The number of benzene rings is 3. The molecule has 3 aromatic carbocycles. The molecule has 3 aromatic rings. The first-order chi connectivity index (χ1) is 11.8. The van der Waals surface area contributed by atoms with Crippen molar-refractivity contribution in [3.63, 3.8) is 0 Å². The monoisotopic (exact) mass is 316 g/mol. The van der Waals surface area contributed by atoms with Crippen LogP contribution in [0.1, 0.15) is 22.8 Å². The standard InChI is InChI=1S/C21H16O3/c22-20-23-19(16-10-4-1-5-11-16)21(24-20,17-12-6-2-7-13-17)18-14-8-3-9-15-18/h1-15,19H. The van der Waals surface area contributed by atoms with E-state index in [2.05, 4.69) is 0 Å². The summed E-state index contributed by atoms with van der Waals surface area (Å²) in [4.78, 5) is 12.1. The Labute approximate surface area is 140 Å². The summed E-state index contributed by atoms with van der Waals surface area (Å²) in [5, 5.41) is 0. The quantitative estimate of drug-likeness (QED) is 0.649. The maximum Gasteiger partial charge on any atom is 0.510 e. The molecule has 24 heavy (non-hydrogen) atoms. The molecular weight excluding hydrogens is 300 g/mol. The third kappa shape index (κ3) is 2.26. The smallest absolute Gasteiger partial charge is 0.421 e. The van der Waals surface area contributed by atoms with Crippen LogP contribution in [-0.4, -0.2) is 6.16 Å². The van der Waals surface area contributed by atoms with Gasteiger partial charge in [0.25, 0.3) is 0 Å². The number of hydrogen-bond acceptors (Lipinski definition) is 3. The summed E-state index contributed by atoms with van der Waals surface area (Å²) in [7, 11) is 0. The molecule has 0 N–H and O–H groups in total. The zero-order chi connectivity index (χ0) is 16.4. The molecule has 0 saturated carbocycles. The molecule has 1 unspecified atom stereocenters. The lowest BCUT2D eigenvalue weighted by molar-refractivity contribution is 0.0639. The van der Waals surface area contributed by atoms with Crippen LogP contribution in [0.3, 0.4) is 0 Å². The zero-order valence-corrected chi connectivity index (χ0v) is 13.0. The van der Waals surface area contributed by atoms with Gasteiger partial charge in [-0.15, -0.1) is 0 Å². The van der Waals surface area contributed by atoms with Gasteiger partial charge < -0.3 is 9.47 Å². The van der Waals surface area contributed by atoms with Gasteiger partial charge in [0.15, 0.2) is 6.10 Å². The van der Waals surface area contributed by atoms with Crippen molar-refractivity contribution in [2.24, 2.45) is 0 Å². The van der Waals surface area contributed by atoms with E-state index in [1.54, 1.807) is 0 Å². The minimum atomic E-state index is -0.999. The second-order valence-corrected chi connectivity index (χ2v) is 5.73. The fourth-order valence-electron chi connectivity index (χ4n) is 3.28. The van der Waals surface area contributed by atoms with Crippen molar-refractivity contribution in [2.45, 2.75) is 11.7 Å². The van der Waals surface area contributed by atoms with E-state index in [4.69, 9.17) is 9.47 Å². The van der Waals surface area contributed by atoms with Gasteiger partial charge in [0, 0.05) is 11.1 Å². The molecule has 118 valence electrons. The predicted octanol–water partition coefficient (Wildman–Crippen LogP) is 4.84.